The summed E-state index contributed by atoms with van der Waals surface area (Å²) in [5, 5.41) is 1.07. The first-order valence-corrected chi connectivity index (χ1v) is 9.16. The number of benzene rings is 1. The molecule has 1 aromatic carbocycles. The van der Waals surface area contributed by atoms with Crippen LogP contribution in [0.1, 0.15) is 12.6 Å². The molecule has 6 heteroatoms. The highest BCUT2D eigenvalue weighted by atomic mass is 79.9. The van der Waals surface area contributed by atoms with Crippen LogP contribution in [0, 0.1) is 6.92 Å². The monoisotopic (exact) mass is 398 g/mol. The lowest BCUT2D eigenvalue weighted by Gasteiger charge is -2.34. The Bertz CT molecular complexity index is 913. The van der Waals surface area contributed by atoms with E-state index in [1.165, 1.54) is 0 Å². The molecule has 128 valence electrons. The zero-order chi connectivity index (χ0) is 17.4. The van der Waals surface area contributed by atoms with Crippen LogP contribution in [0.15, 0.2) is 41.0 Å². The van der Waals surface area contributed by atoms with Gasteiger partial charge in [0.15, 0.2) is 5.82 Å². The fourth-order valence-electron chi connectivity index (χ4n) is 3.15. The van der Waals surface area contributed by atoms with Gasteiger partial charge >= 0.3 is 0 Å². The van der Waals surface area contributed by atoms with Crippen LogP contribution in [0.2, 0.25) is 0 Å². The lowest BCUT2D eigenvalue weighted by Crippen LogP contribution is -2.44. The quantitative estimate of drug-likeness (QED) is 0.652. The molecule has 1 aliphatic rings. The Hall–Kier alpha value is -2.05. The maximum atomic E-state index is 5.50. The molecule has 0 N–H and O–H groups in total. The van der Waals surface area contributed by atoms with Gasteiger partial charge in [-0.15, -0.1) is 0 Å². The molecule has 0 aliphatic carbocycles. The van der Waals surface area contributed by atoms with Gasteiger partial charge in [0.25, 0.3) is 0 Å². The number of ether oxygens (including phenoxy) is 1. The molecule has 1 fully saturated rings. The Kier molecular flexibility index (Phi) is 4.39. The van der Waals surface area contributed by atoms with Crippen molar-refractivity contribution in [3.8, 4) is 11.4 Å². The molecule has 1 atom stereocenters. The number of hydrogen-bond acceptors (Lipinski definition) is 5. The summed E-state index contributed by atoms with van der Waals surface area (Å²) < 4.78 is 6.51. The van der Waals surface area contributed by atoms with E-state index in [1.54, 1.807) is 0 Å². The van der Waals surface area contributed by atoms with Gasteiger partial charge in [-0.3, -0.25) is 0 Å². The molecule has 3 heterocycles. The van der Waals surface area contributed by atoms with Crippen molar-refractivity contribution in [2.75, 3.05) is 24.7 Å². The zero-order valence-electron chi connectivity index (χ0n) is 14.2. The van der Waals surface area contributed by atoms with Crippen LogP contribution in [0.4, 0.5) is 5.82 Å². The molecule has 0 amide bonds. The van der Waals surface area contributed by atoms with E-state index in [4.69, 9.17) is 9.72 Å². The number of aromatic nitrogens is 3. The summed E-state index contributed by atoms with van der Waals surface area (Å²) in [6.45, 7) is 6.52. The fraction of sp³-hybridized carbons (Fsp3) is 0.316. The summed E-state index contributed by atoms with van der Waals surface area (Å²) in [5.41, 5.74) is 2.83. The molecule has 0 unspecified atom stereocenters. The number of anilines is 1. The highest BCUT2D eigenvalue weighted by Gasteiger charge is 2.20. The van der Waals surface area contributed by atoms with E-state index in [2.05, 4.69) is 37.7 Å². The first-order chi connectivity index (χ1) is 12.1. The van der Waals surface area contributed by atoms with E-state index >= 15 is 0 Å². The topological polar surface area (TPSA) is 51.1 Å². The highest BCUT2D eigenvalue weighted by molar-refractivity contribution is 9.10. The lowest BCUT2D eigenvalue weighted by atomic mass is 10.1. The smallest absolute Gasteiger partial charge is 0.161 e. The number of morpholine rings is 1. The minimum atomic E-state index is 0.337. The van der Waals surface area contributed by atoms with Gasteiger partial charge in [0.2, 0.25) is 0 Å². The molecule has 5 nitrogen and oxygen atoms in total. The van der Waals surface area contributed by atoms with E-state index < -0.39 is 0 Å². The molecule has 0 saturated carbocycles. The largest absolute Gasteiger partial charge is 0.377 e. The molecule has 0 radical (unpaired) electrons. The van der Waals surface area contributed by atoms with E-state index in [0.717, 1.165) is 52.2 Å². The van der Waals surface area contributed by atoms with E-state index in [9.17, 15) is 0 Å². The first-order valence-electron chi connectivity index (χ1n) is 8.36. The van der Waals surface area contributed by atoms with Crippen LogP contribution in [0.3, 0.4) is 0 Å². The average molecular weight is 399 g/mol. The van der Waals surface area contributed by atoms with Gasteiger partial charge in [0, 0.05) is 33.9 Å². The number of nitrogens with zero attached hydrogens (tertiary/aromatic N) is 4. The standard InChI is InChI=1S/C19H19BrN4O/c1-12-11-25-8-7-24(12)18-6-3-14(10-21-18)19-22-13(2)16-5-4-15(20)9-17(16)23-19/h3-6,9-10,12H,7-8,11H2,1-2H3/t12-/m0/s1. The van der Waals surface area contributed by atoms with Crippen molar-refractivity contribution < 1.29 is 4.74 Å². The molecule has 0 spiro atoms. The van der Waals surface area contributed by atoms with Crippen LogP contribution in [-0.4, -0.2) is 40.8 Å². The maximum Gasteiger partial charge on any atom is 0.161 e. The second-order valence-electron chi connectivity index (χ2n) is 6.32. The highest BCUT2D eigenvalue weighted by Crippen LogP contribution is 2.25. The Balaban J connectivity index is 1.69. The first kappa shape index (κ1) is 16.4. The molecule has 3 aromatic rings. The van der Waals surface area contributed by atoms with Gasteiger partial charge in [-0.25, -0.2) is 15.0 Å². The normalized spacial score (nSPS) is 17.9. The minimum absolute atomic E-state index is 0.337. The molecular formula is C19H19BrN4O. The number of fused-ring (bicyclic) bond motifs is 1. The summed E-state index contributed by atoms with van der Waals surface area (Å²) in [7, 11) is 0. The van der Waals surface area contributed by atoms with E-state index in [1.807, 2.05) is 43.5 Å². The predicted molar refractivity (Wildman–Crippen MR) is 103 cm³/mol. The average Bonchev–Trinajstić information content (AvgIpc) is 2.62. The lowest BCUT2D eigenvalue weighted by molar-refractivity contribution is 0.0985. The van der Waals surface area contributed by atoms with Crippen LogP contribution in [-0.2, 0) is 4.74 Å². The molecular weight excluding hydrogens is 380 g/mol. The third-order valence-electron chi connectivity index (χ3n) is 4.52. The number of halogens is 1. The van der Waals surface area contributed by atoms with E-state index in [0.29, 0.717) is 11.9 Å². The van der Waals surface area contributed by atoms with Crippen LogP contribution < -0.4 is 4.90 Å². The SMILES string of the molecule is Cc1nc(-c2ccc(N3CCOC[C@@H]3C)nc2)nc2cc(Br)ccc12. The molecule has 1 aliphatic heterocycles. The fourth-order valence-corrected chi connectivity index (χ4v) is 3.50. The van der Waals surface area contributed by atoms with Crippen molar-refractivity contribution >= 4 is 32.7 Å². The summed E-state index contributed by atoms with van der Waals surface area (Å²) >= 11 is 3.51. The number of hydrogen-bond donors (Lipinski definition) is 0. The van der Waals surface area contributed by atoms with Crippen molar-refractivity contribution in [1.29, 1.82) is 0 Å². The van der Waals surface area contributed by atoms with Crippen molar-refractivity contribution in [2.24, 2.45) is 0 Å². The van der Waals surface area contributed by atoms with Crippen molar-refractivity contribution in [2.45, 2.75) is 19.9 Å². The second-order valence-corrected chi connectivity index (χ2v) is 7.23. The van der Waals surface area contributed by atoms with Crippen LogP contribution in [0.25, 0.3) is 22.3 Å². The van der Waals surface area contributed by atoms with Gasteiger partial charge in [-0.2, -0.15) is 0 Å². The van der Waals surface area contributed by atoms with Gasteiger partial charge in [-0.1, -0.05) is 15.9 Å². The number of aryl methyl sites for hydroxylation is 1. The summed E-state index contributed by atoms with van der Waals surface area (Å²) in [6, 6.07) is 10.5. The predicted octanol–water partition coefficient (Wildman–Crippen LogP) is 3.99. The zero-order valence-corrected chi connectivity index (χ0v) is 15.8. The summed E-state index contributed by atoms with van der Waals surface area (Å²) in [5.74, 6) is 1.68. The Morgan fingerprint density at radius 2 is 2.08 bits per heavy atom. The minimum Gasteiger partial charge on any atom is -0.377 e. The van der Waals surface area contributed by atoms with Gasteiger partial charge in [0.05, 0.1) is 24.8 Å². The van der Waals surface area contributed by atoms with Gasteiger partial charge in [-0.05, 0) is 44.2 Å². The molecule has 4 rings (SSSR count). The van der Waals surface area contributed by atoms with Crippen molar-refractivity contribution in [1.82, 2.24) is 15.0 Å². The van der Waals surface area contributed by atoms with Crippen molar-refractivity contribution in [3.63, 3.8) is 0 Å². The maximum absolute atomic E-state index is 5.50. The van der Waals surface area contributed by atoms with Crippen LogP contribution >= 0.6 is 15.9 Å². The van der Waals surface area contributed by atoms with Gasteiger partial charge in [0.1, 0.15) is 5.82 Å². The Morgan fingerprint density at radius 1 is 1.20 bits per heavy atom. The van der Waals surface area contributed by atoms with Crippen molar-refractivity contribution in [3.05, 3.63) is 46.7 Å². The summed E-state index contributed by atoms with van der Waals surface area (Å²) in [6.07, 6.45) is 1.86. The molecule has 25 heavy (non-hydrogen) atoms. The third-order valence-corrected chi connectivity index (χ3v) is 5.01. The van der Waals surface area contributed by atoms with E-state index in [-0.39, 0.29) is 0 Å². The molecule has 0 bridgehead atoms. The molecule has 1 saturated heterocycles. The Morgan fingerprint density at radius 3 is 2.84 bits per heavy atom. The Labute approximate surface area is 155 Å². The number of rotatable bonds is 2. The number of pyridine rings is 1. The van der Waals surface area contributed by atoms with Gasteiger partial charge < -0.3 is 9.64 Å². The van der Waals surface area contributed by atoms with Crippen LogP contribution in [0.5, 0.6) is 0 Å². The molecule has 2 aromatic heterocycles. The third kappa shape index (κ3) is 3.24. The second kappa shape index (κ2) is 6.69. The summed E-state index contributed by atoms with van der Waals surface area (Å²) in [4.78, 5) is 16.3.